The molecule has 0 fully saturated rings. The van der Waals surface area contributed by atoms with Crippen LogP contribution in [0, 0.1) is 17.0 Å². The minimum absolute atomic E-state index is 0.0109. The summed E-state index contributed by atoms with van der Waals surface area (Å²) in [5.74, 6) is -0.375. The van der Waals surface area contributed by atoms with E-state index in [1.807, 2.05) is 0 Å². The number of anilines is 1. The Labute approximate surface area is 157 Å². The molecule has 1 amide bonds. The summed E-state index contributed by atoms with van der Waals surface area (Å²) >= 11 is 0. The number of nitrogens with zero attached hydrogens (tertiary/aromatic N) is 2. The van der Waals surface area contributed by atoms with Crippen molar-refractivity contribution < 1.29 is 18.1 Å². The van der Waals surface area contributed by atoms with E-state index in [0.29, 0.717) is 24.2 Å². The van der Waals surface area contributed by atoms with Crippen LogP contribution in [0.25, 0.3) is 0 Å². The molecule has 3 rings (SSSR count). The summed E-state index contributed by atoms with van der Waals surface area (Å²) in [6.07, 6.45) is 0.591. The van der Waals surface area contributed by atoms with E-state index in [-0.39, 0.29) is 28.6 Å². The van der Waals surface area contributed by atoms with Crippen LogP contribution in [0.15, 0.2) is 41.3 Å². The highest BCUT2D eigenvalue weighted by Crippen LogP contribution is 2.33. The van der Waals surface area contributed by atoms with Crippen LogP contribution in [0.2, 0.25) is 0 Å². The first-order chi connectivity index (χ1) is 12.7. The van der Waals surface area contributed by atoms with Crippen LogP contribution in [-0.4, -0.2) is 32.3 Å². The number of amides is 1. The van der Waals surface area contributed by atoms with Gasteiger partial charge in [0.2, 0.25) is 10.0 Å². The fraction of sp³-hybridized carbons (Fsp3) is 0.278. The number of nitro benzene ring substituents is 1. The molecule has 0 saturated heterocycles. The number of rotatable bonds is 5. The van der Waals surface area contributed by atoms with Gasteiger partial charge in [0.15, 0.2) is 0 Å². The van der Waals surface area contributed by atoms with E-state index in [0.717, 1.165) is 5.56 Å². The van der Waals surface area contributed by atoms with Crippen LogP contribution in [0.4, 0.5) is 11.4 Å². The summed E-state index contributed by atoms with van der Waals surface area (Å²) in [6, 6.07) is 8.84. The molecular weight excluding hydrogens is 370 g/mol. The fourth-order valence-corrected chi connectivity index (χ4v) is 4.18. The highest BCUT2D eigenvalue weighted by molar-refractivity contribution is 7.89. The Hall–Kier alpha value is -2.78. The number of carbonyl (C=O) groups excluding carboxylic acids is 1. The number of non-ortho nitro benzene ring substituents is 1. The minimum Gasteiger partial charge on any atom is -0.307 e. The number of hydrogen-bond acceptors (Lipinski definition) is 5. The van der Waals surface area contributed by atoms with Gasteiger partial charge in [0, 0.05) is 30.8 Å². The van der Waals surface area contributed by atoms with Crippen molar-refractivity contribution in [1.29, 1.82) is 0 Å². The van der Waals surface area contributed by atoms with Crippen molar-refractivity contribution in [2.75, 3.05) is 18.0 Å². The van der Waals surface area contributed by atoms with Gasteiger partial charge >= 0.3 is 0 Å². The molecule has 1 heterocycles. The van der Waals surface area contributed by atoms with Gasteiger partial charge < -0.3 is 4.90 Å². The molecule has 1 aliphatic rings. The van der Waals surface area contributed by atoms with Gasteiger partial charge in [-0.1, -0.05) is 19.1 Å². The van der Waals surface area contributed by atoms with E-state index < -0.39 is 14.9 Å². The standard InChI is InChI=1S/C18H19N3O5S/c1-3-19-27(25,26)15-7-4-12(2)16(11-15)18(22)20-9-8-13-5-6-14(21(23)24)10-17(13)20/h4-7,10-11,19H,3,8-9H2,1-2H3. The largest absolute Gasteiger partial charge is 0.307 e. The van der Waals surface area contributed by atoms with Crippen LogP contribution in [0.3, 0.4) is 0 Å². The zero-order chi connectivity index (χ0) is 19.8. The average molecular weight is 389 g/mol. The van der Waals surface area contributed by atoms with Gasteiger partial charge in [-0.3, -0.25) is 14.9 Å². The minimum atomic E-state index is -3.70. The van der Waals surface area contributed by atoms with Crippen molar-refractivity contribution in [2.45, 2.75) is 25.2 Å². The van der Waals surface area contributed by atoms with Crippen molar-refractivity contribution in [3.05, 3.63) is 63.2 Å². The van der Waals surface area contributed by atoms with E-state index in [2.05, 4.69) is 4.72 Å². The van der Waals surface area contributed by atoms with E-state index in [4.69, 9.17) is 0 Å². The van der Waals surface area contributed by atoms with Crippen molar-refractivity contribution in [3.8, 4) is 0 Å². The predicted molar refractivity (Wildman–Crippen MR) is 101 cm³/mol. The topological polar surface area (TPSA) is 110 Å². The molecule has 1 aliphatic heterocycles. The summed E-state index contributed by atoms with van der Waals surface area (Å²) in [4.78, 5) is 25.1. The van der Waals surface area contributed by atoms with E-state index in [1.165, 1.54) is 29.2 Å². The van der Waals surface area contributed by atoms with Crippen molar-refractivity contribution >= 4 is 27.3 Å². The van der Waals surface area contributed by atoms with Gasteiger partial charge in [-0.15, -0.1) is 0 Å². The summed E-state index contributed by atoms with van der Waals surface area (Å²) < 4.78 is 26.9. The average Bonchev–Trinajstić information content (AvgIpc) is 3.04. The first-order valence-electron chi connectivity index (χ1n) is 8.44. The fourth-order valence-electron chi connectivity index (χ4n) is 3.11. The predicted octanol–water partition coefficient (Wildman–Crippen LogP) is 2.40. The van der Waals surface area contributed by atoms with Crippen LogP contribution in [-0.2, 0) is 16.4 Å². The molecule has 9 heteroatoms. The Morgan fingerprint density at radius 2 is 2.00 bits per heavy atom. The molecule has 27 heavy (non-hydrogen) atoms. The second kappa shape index (κ2) is 7.09. The summed E-state index contributed by atoms with van der Waals surface area (Å²) in [7, 11) is -3.70. The normalized spacial score (nSPS) is 13.5. The van der Waals surface area contributed by atoms with Gasteiger partial charge in [-0.05, 0) is 36.6 Å². The first-order valence-corrected chi connectivity index (χ1v) is 9.92. The number of fused-ring (bicyclic) bond motifs is 1. The third-order valence-electron chi connectivity index (χ3n) is 4.50. The maximum atomic E-state index is 13.1. The number of sulfonamides is 1. The van der Waals surface area contributed by atoms with E-state index in [9.17, 15) is 23.3 Å². The molecule has 0 radical (unpaired) electrons. The molecule has 1 N–H and O–H groups in total. The van der Waals surface area contributed by atoms with Gasteiger partial charge in [-0.25, -0.2) is 13.1 Å². The maximum absolute atomic E-state index is 13.1. The second-order valence-corrected chi connectivity index (χ2v) is 8.02. The van der Waals surface area contributed by atoms with Gasteiger partial charge in [0.25, 0.3) is 11.6 Å². The van der Waals surface area contributed by atoms with Crippen LogP contribution >= 0.6 is 0 Å². The number of aryl methyl sites for hydroxylation is 1. The second-order valence-electron chi connectivity index (χ2n) is 6.25. The van der Waals surface area contributed by atoms with Crippen LogP contribution in [0.1, 0.15) is 28.4 Å². The SMILES string of the molecule is CCNS(=O)(=O)c1ccc(C)c(C(=O)N2CCc3ccc([N+](=O)[O-])cc32)c1. The lowest BCUT2D eigenvalue weighted by molar-refractivity contribution is -0.384. The van der Waals surface area contributed by atoms with Crippen LogP contribution < -0.4 is 9.62 Å². The third-order valence-corrected chi connectivity index (χ3v) is 6.05. The highest BCUT2D eigenvalue weighted by Gasteiger charge is 2.29. The number of benzene rings is 2. The van der Waals surface area contributed by atoms with Crippen molar-refractivity contribution in [2.24, 2.45) is 0 Å². The molecule has 2 aromatic rings. The molecule has 0 aliphatic carbocycles. The Balaban J connectivity index is 2.01. The molecule has 0 atom stereocenters. The Morgan fingerprint density at radius 1 is 1.26 bits per heavy atom. The first kappa shape index (κ1) is 19.0. The van der Waals surface area contributed by atoms with Crippen molar-refractivity contribution in [1.82, 2.24) is 4.72 Å². The molecule has 0 spiro atoms. The summed E-state index contributed by atoms with van der Waals surface area (Å²) in [5, 5.41) is 11.0. The monoisotopic (exact) mass is 389 g/mol. The van der Waals surface area contributed by atoms with Crippen molar-refractivity contribution in [3.63, 3.8) is 0 Å². The lowest BCUT2D eigenvalue weighted by atomic mass is 10.1. The number of nitro groups is 1. The highest BCUT2D eigenvalue weighted by atomic mass is 32.2. The van der Waals surface area contributed by atoms with Gasteiger partial charge in [0.05, 0.1) is 15.5 Å². The molecule has 0 aromatic heterocycles. The molecular formula is C18H19N3O5S. The summed E-state index contributed by atoms with van der Waals surface area (Å²) in [6.45, 7) is 4.02. The Morgan fingerprint density at radius 3 is 2.67 bits per heavy atom. The molecule has 0 saturated carbocycles. The van der Waals surface area contributed by atoms with E-state index >= 15 is 0 Å². The number of hydrogen-bond donors (Lipinski definition) is 1. The Kier molecular flexibility index (Phi) is 4.99. The molecule has 8 nitrogen and oxygen atoms in total. The zero-order valence-corrected chi connectivity index (χ0v) is 15.7. The van der Waals surface area contributed by atoms with Gasteiger partial charge in [0.1, 0.15) is 0 Å². The van der Waals surface area contributed by atoms with Crippen LogP contribution in [0.5, 0.6) is 0 Å². The third kappa shape index (κ3) is 3.56. The number of carbonyl (C=O) groups is 1. The maximum Gasteiger partial charge on any atom is 0.271 e. The number of nitrogens with one attached hydrogen (secondary N) is 1. The van der Waals surface area contributed by atoms with Gasteiger partial charge in [-0.2, -0.15) is 0 Å². The lowest BCUT2D eigenvalue weighted by Gasteiger charge is -2.19. The lowest BCUT2D eigenvalue weighted by Crippen LogP contribution is -2.30. The van der Waals surface area contributed by atoms with E-state index in [1.54, 1.807) is 26.0 Å². The zero-order valence-electron chi connectivity index (χ0n) is 14.9. The molecule has 2 aromatic carbocycles. The smallest absolute Gasteiger partial charge is 0.271 e. The Bertz CT molecular complexity index is 1030. The molecule has 142 valence electrons. The summed E-state index contributed by atoms with van der Waals surface area (Å²) in [5.41, 5.74) is 2.15. The quantitative estimate of drug-likeness (QED) is 0.624. The molecule has 0 unspecified atom stereocenters. The molecule has 0 bridgehead atoms.